The van der Waals surface area contributed by atoms with Crippen molar-refractivity contribution in [1.29, 1.82) is 0 Å². The highest BCUT2D eigenvalue weighted by Gasteiger charge is 2.46. The maximum Gasteiger partial charge on any atom is 0.258 e. The van der Waals surface area contributed by atoms with Gasteiger partial charge in [0.1, 0.15) is 17.6 Å². The maximum absolute atomic E-state index is 14.1. The third kappa shape index (κ3) is 11.2. The number of piperidine rings is 1. The number of hydrogen-bond acceptors (Lipinski definition) is 8. The van der Waals surface area contributed by atoms with Gasteiger partial charge >= 0.3 is 0 Å². The lowest BCUT2D eigenvalue weighted by Crippen LogP contribution is -2.64. The fraction of sp³-hybridized carbons (Fsp3) is 0.605. The highest BCUT2D eigenvalue weighted by Crippen LogP contribution is 2.39. The lowest BCUT2D eigenvalue weighted by atomic mass is 9.72. The molecule has 4 rings (SSSR count). The van der Waals surface area contributed by atoms with Gasteiger partial charge in [0.25, 0.3) is 5.91 Å². The predicted octanol–water partition coefficient (Wildman–Crippen LogP) is 3.40. The van der Waals surface area contributed by atoms with Crippen LogP contribution in [0.15, 0.2) is 54.6 Å². The van der Waals surface area contributed by atoms with E-state index in [2.05, 4.69) is 16.0 Å². The number of benzene rings is 2. The van der Waals surface area contributed by atoms with E-state index in [0.29, 0.717) is 24.8 Å². The molecule has 2 fully saturated rings. The number of sulfone groups is 1. The Morgan fingerprint density at radius 2 is 1.59 bits per heavy atom. The van der Waals surface area contributed by atoms with E-state index in [1.54, 1.807) is 0 Å². The first-order valence-corrected chi connectivity index (χ1v) is 19.7. The molecule has 1 aliphatic heterocycles. The molecular weight excluding hydrogens is 676 g/mol. The fourth-order valence-electron chi connectivity index (χ4n) is 7.06. The number of nitrogens with zero attached hydrogens (tertiary/aromatic N) is 1. The molecule has 13 heteroatoms. The molecule has 1 aliphatic carbocycles. The van der Waals surface area contributed by atoms with Gasteiger partial charge in [-0.25, -0.2) is 12.8 Å². The van der Waals surface area contributed by atoms with E-state index in [-0.39, 0.29) is 24.6 Å². The molecule has 0 radical (unpaired) electrons. The summed E-state index contributed by atoms with van der Waals surface area (Å²) < 4.78 is 43.0. The third-order valence-electron chi connectivity index (χ3n) is 10.2. The molecule has 0 aromatic heterocycles. The molecule has 1 heterocycles. The molecule has 1 saturated carbocycles. The molecule has 0 bridgehead atoms. The molecule has 2 aromatic rings. The average molecular weight is 731 g/mol. The van der Waals surface area contributed by atoms with Gasteiger partial charge in [-0.05, 0) is 95.5 Å². The van der Waals surface area contributed by atoms with Gasteiger partial charge in [-0.3, -0.25) is 19.3 Å². The molecule has 0 spiro atoms. The van der Waals surface area contributed by atoms with Crippen molar-refractivity contribution in [3.8, 4) is 5.75 Å². The Hall–Kier alpha value is -3.55. The van der Waals surface area contributed by atoms with E-state index in [1.165, 1.54) is 38.1 Å². The van der Waals surface area contributed by atoms with E-state index in [9.17, 15) is 32.3 Å². The zero-order chi connectivity index (χ0) is 37.6. The highest BCUT2D eigenvalue weighted by atomic mass is 32.2. The van der Waals surface area contributed by atoms with Gasteiger partial charge in [-0.2, -0.15) is 0 Å². The largest absolute Gasteiger partial charge is 0.484 e. The average Bonchev–Trinajstić information content (AvgIpc) is 3.05. The van der Waals surface area contributed by atoms with Gasteiger partial charge in [-0.1, -0.05) is 49.6 Å². The molecule has 2 aromatic carbocycles. The van der Waals surface area contributed by atoms with Crippen molar-refractivity contribution in [3.05, 3.63) is 66.0 Å². The van der Waals surface area contributed by atoms with Crippen molar-refractivity contribution in [1.82, 2.24) is 20.9 Å². The van der Waals surface area contributed by atoms with Crippen molar-refractivity contribution >= 4 is 27.6 Å². The Labute approximate surface area is 302 Å². The number of carbonyl (C=O) groups excluding carboxylic acids is 3. The Morgan fingerprint density at radius 3 is 2.20 bits per heavy atom. The van der Waals surface area contributed by atoms with Crippen LogP contribution in [-0.4, -0.2) is 96.6 Å². The van der Waals surface area contributed by atoms with E-state index < -0.39 is 68.6 Å². The number of carbonyl (C=O) groups is 3. The summed E-state index contributed by atoms with van der Waals surface area (Å²) in [6.07, 6.45) is 5.13. The number of amides is 3. The first kappa shape index (κ1) is 40.2. The smallest absolute Gasteiger partial charge is 0.258 e. The number of hydrogen-bond donors (Lipinski definition) is 4. The zero-order valence-corrected chi connectivity index (χ0v) is 31.5. The van der Waals surface area contributed by atoms with Crippen LogP contribution in [0.1, 0.15) is 72.3 Å². The predicted molar refractivity (Wildman–Crippen MR) is 194 cm³/mol. The molecule has 1 saturated heterocycles. The Kier molecular flexibility index (Phi) is 13.3. The van der Waals surface area contributed by atoms with E-state index in [0.717, 1.165) is 37.5 Å². The summed E-state index contributed by atoms with van der Waals surface area (Å²) in [5.74, 6) is -1.09. The molecule has 6 atom stereocenters. The van der Waals surface area contributed by atoms with Crippen LogP contribution in [0.2, 0.25) is 0 Å². The van der Waals surface area contributed by atoms with Crippen LogP contribution >= 0.6 is 0 Å². The van der Waals surface area contributed by atoms with E-state index in [1.807, 2.05) is 56.0 Å². The second-order valence-electron chi connectivity index (χ2n) is 15.7. The molecule has 51 heavy (non-hydrogen) atoms. The van der Waals surface area contributed by atoms with Crippen LogP contribution < -0.4 is 20.7 Å². The van der Waals surface area contributed by atoms with Crippen molar-refractivity contribution in [2.75, 3.05) is 26.0 Å². The molecule has 4 N–H and O–H groups in total. The van der Waals surface area contributed by atoms with Crippen LogP contribution in [0, 0.1) is 17.7 Å². The normalized spacial score (nSPS) is 21.8. The number of halogens is 1. The van der Waals surface area contributed by atoms with Crippen LogP contribution in [0.4, 0.5) is 4.39 Å². The lowest BCUT2D eigenvalue weighted by molar-refractivity contribution is -0.133. The summed E-state index contributed by atoms with van der Waals surface area (Å²) in [6.45, 7) is 8.69. The summed E-state index contributed by atoms with van der Waals surface area (Å²) in [7, 11) is -3.92. The summed E-state index contributed by atoms with van der Waals surface area (Å²) in [6, 6.07) is 11.4. The number of aliphatic hydroxyl groups excluding tert-OH is 1. The number of likely N-dealkylation sites (tertiary alicyclic amines) is 1. The third-order valence-corrected chi connectivity index (χ3v) is 12.4. The van der Waals surface area contributed by atoms with Crippen molar-refractivity contribution < 1.29 is 37.0 Å². The molecule has 3 amide bonds. The number of ether oxygens (including phenoxy) is 1. The number of fused-ring (bicyclic) bond motifs is 1. The van der Waals surface area contributed by atoms with Gasteiger partial charge in [0.2, 0.25) is 11.8 Å². The first-order chi connectivity index (χ1) is 23.8. The molecule has 0 unspecified atom stereocenters. The first-order valence-electron chi connectivity index (χ1n) is 17.8. The van der Waals surface area contributed by atoms with Crippen molar-refractivity contribution in [2.45, 2.75) is 108 Å². The quantitative estimate of drug-likeness (QED) is 0.231. The minimum Gasteiger partial charge on any atom is -0.484 e. The van der Waals surface area contributed by atoms with Crippen LogP contribution in [0.25, 0.3) is 0 Å². The van der Waals surface area contributed by atoms with Crippen LogP contribution in [0.3, 0.4) is 0 Å². The van der Waals surface area contributed by atoms with Gasteiger partial charge in [0.05, 0.1) is 22.9 Å². The van der Waals surface area contributed by atoms with Crippen LogP contribution in [-0.2, 0) is 30.6 Å². The van der Waals surface area contributed by atoms with Crippen LogP contribution in [0.5, 0.6) is 5.75 Å². The van der Waals surface area contributed by atoms with Crippen molar-refractivity contribution in [3.63, 3.8) is 0 Å². The summed E-state index contributed by atoms with van der Waals surface area (Å²) in [5, 5.41) is 20.5. The second kappa shape index (κ2) is 16.9. The van der Waals surface area contributed by atoms with Gasteiger partial charge in [-0.15, -0.1) is 0 Å². The SMILES string of the molecule is CC(C)(C)NC(=O)[C@@H]1C[C@@H]2CCCC[C@@H]2CN1C[C@@H](O)[C@H](Cc1ccccc1)NC(=O)[C@@H](NC(=O)COc1ccc(F)cc1)C(C)(C)S(C)(=O)=O. The minimum absolute atomic E-state index is 0.0945. The molecule has 11 nitrogen and oxygen atoms in total. The zero-order valence-electron chi connectivity index (χ0n) is 30.7. The monoisotopic (exact) mass is 730 g/mol. The molecule has 2 aliphatic rings. The standard InChI is InChI=1S/C38H55FN4O7S/c1-37(2,3)42-35(46)31-21-26-14-10-11-15-27(26)22-43(31)23-32(44)30(20-25-12-8-7-9-13-25)40-36(47)34(38(4,5)51(6,48)49)41-33(45)24-50-29-18-16-28(39)17-19-29/h7-9,12-13,16-19,26-27,30-32,34,44H,10-11,14-15,20-24H2,1-6H3,(H,40,47)(H,41,45)(H,42,46)/t26-,27+,30-,31-,32+,34+/m0/s1. The number of β-amino-alcohol motifs (C(OH)–C–C–N with tert-alkyl or cyclic N) is 1. The van der Waals surface area contributed by atoms with Gasteiger partial charge in [0.15, 0.2) is 16.4 Å². The second-order valence-corrected chi connectivity index (χ2v) is 18.3. The van der Waals surface area contributed by atoms with Crippen molar-refractivity contribution in [2.24, 2.45) is 11.8 Å². The molecular formula is C38H55FN4O7S. The summed E-state index contributed by atoms with van der Waals surface area (Å²) in [5.41, 5.74) is 0.385. The Bertz CT molecular complexity index is 1600. The summed E-state index contributed by atoms with van der Waals surface area (Å²) >= 11 is 0. The highest BCUT2D eigenvalue weighted by molar-refractivity contribution is 7.92. The number of rotatable bonds is 14. The topological polar surface area (TPSA) is 154 Å². The van der Waals surface area contributed by atoms with E-state index in [4.69, 9.17) is 4.74 Å². The van der Waals surface area contributed by atoms with Gasteiger partial charge < -0.3 is 25.8 Å². The fourth-order valence-corrected chi connectivity index (χ4v) is 7.66. The lowest BCUT2D eigenvalue weighted by Gasteiger charge is -2.47. The van der Waals surface area contributed by atoms with E-state index >= 15 is 0 Å². The number of aliphatic hydroxyl groups is 1. The minimum atomic E-state index is -3.92. The molecule has 282 valence electrons. The Balaban J connectivity index is 1.58. The number of nitrogens with one attached hydrogen (secondary N) is 3. The maximum atomic E-state index is 14.1. The Morgan fingerprint density at radius 1 is 0.961 bits per heavy atom. The summed E-state index contributed by atoms with van der Waals surface area (Å²) in [4.78, 5) is 42.9. The van der Waals surface area contributed by atoms with Gasteiger partial charge in [0, 0.05) is 24.9 Å².